The van der Waals surface area contributed by atoms with Crippen molar-refractivity contribution in [2.24, 2.45) is 0 Å². The van der Waals surface area contributed by atoms with E-state index in [9.17, 15) is 18.8 Å². The van der Waals surface area contributed by atoms with Crippen LogP contribution in [0, 0.1) is 5.82 Å². The Labute approximate surface area is 226 Å². The number of aliphatic carboxylic acids is 1. The average Bonchev–Trinajstić information content (AvgIpc) is 3.49. The van der Waals surface area contributed by atoms with Crippen LogP contribution in [0.4, 0.5) is 10.1 Å². The van der Waals surface area contributed by atoms with Gasteiger partial charge in [0.15, 0.2) is 11.0 Å². The molecule has 3 N–H and O–H groups in total. The van der Waals surface area contributed by atoms with Gasteiger partial charge in [-0.05, 0) is 48.5 Å². The van der Waals surface area contributed by atoms with Crippen molar-refractivity contribution in [3.63, 3.8) is 0 Å². The third-order valence-electron chi connectivity index (χ3n) is 5.54. The fraction of sp³-hybridized carbons (Fsp3) is 0.125. The van der Waals surface area contributed by atoms with E-state index in [4.69, 9.17) is 16.7 Å². The third-order valence-corrected chi connectivity index (χ3v) is 7.70. The second-order valence-corrected chi connectivity index (χ2v) is 10.8. The zero-order valence-corrected chi connectivity index (χ0v) is 22.0. The molecule has 5 rings (SSSR count). The Morgan fingerprint density at radius 2 is 1.97 bits per heavy atom. The van der Waals surface area contributed by atoms with Gasteiger partial charge in [0.25, 0.3) is 5.56 Å². The number of H-pyrrole nitrogens is 1. The Kier molecular flexibility index (Phi) is 7.06. The molecule has 0 spiro atoms. The number of aromatic nitrogens is 5. The van der Waals surface area contributed by atoms with E-state index in [2.05, 4.69) is 20.4 Å². The van der Waals surface area contributed by atoms with Crippen LogP contribution in [0.3, 0.4) is 0 Å². The zero-order valence-electron chi connectivity index (χ0n) is 19.6. The van der Waals surface area contributed by atoms with Crippen LogP contribution in [0.25, 0.3) is 28.0 Å². The summed E-state index contributed by atoms with van der Waals surface area (Å²) in [4.78, 5) is 45.0. The van der Waals surface area contributed by atoms with Crippen molar-refractivity contribution in [3.8, 4) is 17.1 Å². The van der Waals surface area contributed by atoms with Crippen molar-refractivity contribution in [3.05, 3.63) is 84.4 Å². The molecule has 5 aromatic rings. The fourth-order valence-corrected chi connectivity index (χ4v) is 5.52. The number of thiophene rings is 1. The quantitative estimate of drug-likeness (QED) is 0.237. The van der Waals surface area contributed by atoms with Crippen molar-refractivity contribution in [1.82, 2.24) is 24.3 Å². The molecule has 0 amide bonds. The van der Waals surface area contributed by atoms with Gasteiger partial charge in [-0.3, -0.25) is 9.59 Å². The zero-order chi connectivity index (χ0) is 27.0. The molecule has 0 aliphatic heterocycles. The highest BCUT2D eigenvalue weighted by molar-refractivity contribution is 7.99. The molecule has 0 aliphatic rings. The molecule has 0 aliphatic carbocycles. The van der Waals surface area contributed by atoms with Crippen LogP contribution < -0.4 is 16.6 Å². The largest absolute Gasteiger partial charge is 0.481 e. The summed E-state index contributed by atoms with van der Waals surface area (Å²) in [6.45, 7) is 0.359. The van der Waals surface area contributed by atoms with E-state index in [1.807, 2.05) is 6.07 Å². The summed E-state index contributed by atoms with van der Waals surface area (Å²) in [5.74, 6) is -1.45. The number of carboxylic acids is 1. The van der Waals surface area contributed by atoms with E-state index in [-0.39, 0.29) is 28.0 Å². The SMILES string of the molecule is CNc1cc2[nH]c(=O)n(-c3ccc(-c4nc(SCC(=O)O)n(Cc5ccc(Cl)s5)n4)cc3)c(=O)c2cc1F. The molecule has 14 heteroatoms. The Balaban J connectivity index is 1.50. The monoisotopic (exact) mass is 572 g/mol. The van der Waals surface area contributed by atoms with E-state index in [1.54, 1.807) is 35.0 Å². The fourth-order valence-electron chi connectivity index (χ4n) is 3.79. The van der Waals surface area contributed by atoms with E-state index in [0.29, 0.717) is 27.4 Å². The number of hydrogen-bond acceptors (Lipinski definition) is 8. The first-order chi connectivity index (χ1) is 18.2. The molecule has 0 fully saturated rings. The van der Waals surface area contributed by atoms with Gasteiger partial charge in [0, 0.05) is 17.5 Å². The number of nitrogens with zero attached hydrogens (tertiary/aromatic N) is 4. The molecule has 0 saturated heterocycles. The summed E-state index contributed by atoms with van der Waals surface area (Å²) in [6.07, 6.45) is 0. The van der Waals surface area contributed by atoms with Crippen molar-refractivity contribution in [2.45, 2.75) is 11.7 Å². The number of carboxylic acid groups (broad SMARTS) is 1. The summed E-state index contributed by atoms with van der Waals surface area (Å²) >= 11 is 8.46. The van der Waals surface area contributed by atoms with Gasteiger partial charge in [-0.1, -0.05) is 23.4 Å². The van der Waals surface area contributed by atoms with Gasteiger partial charge in [-0.2, -0.15) is 0 Å². The number of halogens is 2. The van der Waals surface area contributed by atoms with Gasteiger partial charge in [0.1, 0.15) is 5.82 Å². The average molecular weight is 573 g/mol. The van der Waals surface area contributed by atoms with Gasteiger partial charge in [-0.25, -0.2) is 23.4 Å². The summed E-state index contributed by atoms with van der Waals surface area (Å²) in [6, 6.07) is 12.5. The van der Waals surface area contributed by atoms with E-state index in [0.717, 1.165) is 27.3 Å². The molecule has 38 heavy (non-hydrogen) atoms. The van der Waals surface area contributed by atoms with Crippen LogP contribution in [0.5, 0.6) is 0 Å². The molecule has 0 bridgehead atoms. The molecule has 0 saturated carbocycles. The lowest BCUT2D eigenvalue weighted by Crippen LogP contribution is -2.33. The number of hydrogen-bond donors (Lipinski definition) is 3. The van der Waals surface area contributed by atoms with Crippen molar-refractivity contribution in [1.29, 1.82) is 0 Å². The predicted molar refractivity (Wildman–Crippen MR) is 145 cm³/mol. The van der Waals surface area contributed by atoms with Crippen molar-refractivity contribution >= 4 is 57.3 Å². The second-order valence-electron chi connectivity index (χ2n) is 8.01. The number of fused-ring (bicyclic) bond motifs is 1. The van der Waals surface area contributed by atoms with Crippen LogP contribution in [0.1, 0.15) is 4.88 Å². The molecule has 2 aromatic carbocycles. The summed E-state index contributed by atoms with van der Waals surface area (Å²) in [5.41, 5.74) is -0.107. The highest BCUT2D eigenvalue weighted by Crippen LogP contribution is 2.27. The first-order valence-corrected chi connectivity index (χ1v) is 13.2. The van der Waals surface area contributed by atoms with Crippen LogP contribution in [0.2, 0.25) is 4.34 Å². The van der Waals surface area contributed by atoms with Gasteiger partial charge in [0.2, 0.25) is 0 Å². The maximum atomic E-state index is 14.3. The Hall–Kier alpha value is -3.94. The van der Waals surface area contributed by atoms with Gasteiger partial charge in [0.05, 0.1) is 38.9 Å². The minimum absolute atomic E-state index is 0.0272. The van der Waals surface area contributed by atoms with Gasteiger partial charge >= 0.3 is 11.7 Å². The number of benzene rings is 2. The Morgan fingerprint density at radius 1 is 1.21 bits per heavy atom. The minimum atomic E-state index is -0.984. The molecular weight excluding hydrogens is 555 g/mol. The first kappa shape index (κ1) is 25.7. The Morgan fingerprint density at radius 3 is 2.63 bits per heavy atom. The molecule has 3 heterocycles. The summed E-state index contributed by atoms with van der Waals surface area (Å²) < 4.78 is 17.4. The third kappa shape index (κ3) is 5.08. The van der Waals surface area contributed by atoms with E-state index < -0.39 is 23.0 Å². The smallest absolute Gasteiger partial charge is 0.333 e. The molecule has 0 atom stereocenters. The van der Waals surface area contributed by atoms with Gasteiger partial charge in [-0.15, -0.1) is 16.4 Å². The molecule has 194 valence electrons. The lowest BCUT2D eigenvalue weighted by Gasteiger charge is -2.09. The molecule has 0 radical (unpaired) electrons. The number of nitrogens with one attached hydrogen (secondary N) is 2. The molecule has 0 unspecified atom stereocenters. The lowest BCUT2D eigenvalue weighted by molar-refractivity contribution is -0.133. The number of anilines is 1. The molecular formula is C24H18ClFN6O4S2. The van der Waals surface area contributed by atoms with Crippen molar-refractivity contribution in [2.75, 3.05) is 18.1 Å². The normalized spacial score (nSPS) is 11.2. The standard InChI is InChI=1S/C24H18ClFN6O4S2/c1-27-18-9-17-15(8-16(18)26)22(35)32(23(36)28-17)13-4-2-12(3-5-13)21-29-24(37-11-20(33)34)31(30-21)10-14-6-7-19(25)38-14/h2-9,27H,10-11H2,1H3,(H,28,36)(H,33,34). The highest BCUT2D eigenvalue weighted by Gasteiger charge is 2.17. The Bertz CT molecular complexity index is 1790. The van der Waals surface area contributed by atoms with Crippen LogP contribution in [-0.2, 0) is 11.3 Å². The highest BCUT2D eigenvalue weighted by atomic mass is 35.5. The van der Waals surface area contributed by atoms with Crippen LogP contribution >= 0.6 is 34.7 Å². The predicted octanol–water partition coefficient (Wildman–Crippen LogP) is 4.06. The number of carbonyl (C=O) groups is 1. The first-order valence-electron chi connectivity index (χ1n) is 11.0. The number of aromatic amines is 1. The van der Waals surface area contributed by atoms with Gasteiger partial charge < -0.3 is 15.4 Å². The number of rotatable bonds is 8. The lowest BCUT2D eigenvalue weighted by atomic mass is 10.2. The second kappa shape index (κ2) is 10.4. The summed E-state index contributed by atoms with van der Waals surface area (Å²) in [5, 5.41) is 16.8. The number of thioether (sulfide) groups is 1. The molecule has 3 aromatic heterocycles. The minimum Gasteiger partial charge on any atom is -0.481 e. The summed E-state index contributed by atoms with van der Waals surface area (Å²) in [7, 11) is 1.54. The topological polar surface area (TPSA) is 135 Å². The van der Waals surface area contributed by atoms with Crippen molar-refractivity contribution < 1.29 is 14.3 Å². The van der Waals surface area contributed by atoms with E-state index >= 15 is 0 Å². The van der Waals surface area contributed by atoms with E-state index in [1.165, 1.54) is 24.5 Å². The maximum absolute atomic E-state index is 14.3. The maximum Gasteiger partial charge on any atom is 0.333 e. The van der Waals surface area contributed by atoms with Crippen LogP contribution in [-0.4, -0.2) is 48.2 Å². The molecule has 10 nitrogen and oxygen atoms in total. The van der Waals surface area contributed by atoms with Crippen LogP contribution in [0.15, 0.2) is 63.3 Å².